The van der Waals surface area contributed by atoms with Gasteiger partial charge in [-0.1, -0.05) is 12.1 Å². The second-order valence-corrected chi connectivity index (χ2v) is 8.26. The van der Waals surface area contributed by atoms with Crippen molar-refractivity contribution < 1.29 is 8.42 Å². The van der Waals surface area contributed by atoms with E-state index in [0.29, 0.717) is 0 Å². The molecular formula is C16H15N3O2S3. The number of anilines is 2. The van der Waals surface area contributed by atoms with Crippen molar-refractivity contribution in [2.24, 2.45) is 5.14 Å². The summed E-state index contributed by atoms with van der Waals surface area (Å²) in [6.45, 7) is 0. The molecule has 0 spiro atoms. The lowest BCUT2D eigenvalue weighted by atomic mass is 10.2. The summed E-state index contributed by atoms with van der Waals surface area (Å²) in [5.41, 5.74) is 2.71. The minimum atomic E-state index is -3.67. The molecule has 0 fully saturated rings. The molecule has 3 rings (SSSR count). The van der Waals surface area contributed by atoms with E-state index in [4.69, 9.17) is 5.14 Å². The zero-order valence-electron chi connectivity index (χ0n) is 12.8. The maximum atomic E-state index is 11.3. The van der Waals surface area contributed by atoms with Crippen LogP contribution in [0, 0.1) is 0 Å². The molecule has 2 aromatic carbocycles. The Kier molecular flexibility index (Phi) is 4.91. The van der Waals surface area contributed by atoms with Crippen LogP contribution in [0.1, 0.15) is 0 Å². The number of primary sulfonamides is 1. The van der Waals surface area contributed by atoms with Gasteiger partial charge in [0.05, 0.1) is 10.6 Å². The zero-order chi connectivity index (χ0) is 17.2. The summed E-state index contributed by atoms with van der Waals surface area (Å²) >= 11 is 3.19. The van der Waals surface area contributed by atoms with E-state index in [2.05, 4.69) is 22.4 Å². The van der Waals surface area contributed by atoms with E-state index in [1.165, 1.54) is 28.4 Å². The van der Waals surface area contributed by atoms with E-state index in [-0.39, 0.29) is 4.90 Å². The van der Waals surface area contributed by atoms with Gasteiger partial charge in [0.2, 0.25) is 10.0 Å². The number of hydrogen-bond acceptors (Lipinski definition) is 6. The van der Waals surface area contributed by atoms with Crippen LogP contribution in [0.15, 0.2) is 63.7 Å². The van der Waals surface area contributed by atoms with Crippen LogP contribution < -0.4 is 10.5 Å². The molecule has 124 valence electrons. The van der Waals surface area contributed by atoms with E-state index >= 15 is 0 Å². The van der Waals surface area contributed by atoms with E-state index in [0.717, 1.165) is 22.1 Å². The largest absolute Gasteiger partial charge is 0.332 e. The maximum absolute atomic E-state index is 11.3. The third-order valence-electron chi connectivity index (χ3n) is 3.32. The van der Waals surface area contributed by atoms with Crippen LogP contribution >= 0.6 is 23.1 Å². The van der Waals surface area contributed by atoms with Crippen LogP contribution in [-0.2, 0) is 10.0 Å². The van der Waals surface area contributed by atoms with Gasteiger partial charge in [-0.2, -0.15) is 0 Å². The Balaban J connectivity index is 1.76. The van der Waals surface area contributed by atoms with Crippen LogP contribution in [0.25, 0.3) is 11.3 Å². The van der Waals surface area contributed by atoms with E-state index in [1.54, 1.807) is 23.9 Å². The molecule has 3 N–H and O–H groups in total. The summed E-state index contributed by atoms with van der Waals surface area (Å²) in [5.74, 6) is 0. The van der Waals surface area contributed by atoms with Gasteiger partial charge in [0.1, 0.15) is 0 Å². The zero-order valence-corrected chi connectivity index (χ0v) is 15.2. The minimum Gasteiger partial charge on any atom is -0.332 e. The topological polar surface area (TPSA) is 85.1 Å². The number of rotatable bonds is 5. The second-order valence-electron chi connectivity index (χ2n) is 4.96. The normalized spacial score (nSPS) is 11.4. The summed E-state index contributed by atoms with van der Waals surface area (Å²) in [7, 11) is -3.67. The highest BCUT2D eigenvalue weighted by Crippen LogP contribution is 2.28. The van der Waals surface area contributed by atoms with Gasteiger partial charge in [0, 0.05) is 21.5 Å². The lowest BCUT2D eigenvalue weighted by Gasteiger charge is -2.04. The quantitative estimate of drug-likeness (QED) is 0.658. The fourth-order valence-corrected chi connectivity index (χ4v) is 3.74. The highest BCUT2D eigenvalue weighted by Gasteiger charge is 2.08. The van der Waals surface area contributed by atoms with Crippen molar-refractivity contribution in [3.8, 4) is 11.3 Å². The molecule has 0 unspecified atom stereocenters. The molecule has 0 aliphatic rings. The number of sulfonamides is 1. The predicted octanol–water partition coefficient (Wildman–Crippen LogP) is 3.92. The molecule has 0 bridgehead atoms. The Morgan fingerprint density at radius 3 is 2.33 bits per heavy atom. The van der Waals surface area contributed by atoms with Gasteiger partial charge < -0.3 is 5.32 Å². The van der Waals surface area contributed by atoms with Gasteiger partial charge in [-0.15, -0.1) is 23.1 Å². The molecule has 0 radical (unpaired) electrons. The molecule has 5 nitrogen and oxygen atoms in total. The van der Waals surface area contributed by atoms with Gasteiger partial charge in [0.15, 0.2) is 5.13 Å². The van der Waals surface area contributed by atoms with Crippen molar-refractivity contribution >= 4 is 43.9 Å². The van der Waals surface area contributed by atoms with Crippen molar-refractivity contribution in [1.82, 2.24) is 4.98 Å². The summed E-state index contributed by atoms with van der Waals surface area (Å²) in [5, 5.41) is 11.0. The number of thiazole rings is 1. The van der Waals surface area contributed by atoms with Crippen LogP contribution in [0.2, 0.25) is 0 Å². The van der Waals surface area contributed by atoms with Crippen molar-refractivity contribution in [1.29, 1.82) is 0 Å². The lowest BCUT2D eigenvalue weighted by molar-refractivity contribution is 0.598. The van der Waals surface area contributed by atoms with Crippen LogP contribution in [0.3, 0.4) is 0 Å². The molecule has 3 aromatic rings. The number of hydrogen-bond donors (Lipinski definition) is 2. The van der Waals surface area contributed by atoms with E-state index in [1.807, 2.05) is 23.8 Å². The van der Waals surface area contributed by atoms with Crippen molar-refractivity contribution in [2.75, 3.05) is 11.6 Å². The first-order valence-electron chi connectivity index (χ1n) is 6.95. The smallest absolute Gasteiger partial charge is 0.238 e. The first-order valence-corrected chi connectivity index (χ1v) is 10.6. The third kappa shape index (κ3) is 3.96. The van der Waals surface area contributed by atoms with Gasteiger partial charge in [-0.3, -0.25) is 0 Å². The Labute approximate surface area is 149 Å². The molecule has 8 heteroatoms. The fourth-order valence-electron chi connectivity index (χ4n) is 2.08. The van der Waals surface area contributed by atoms with Gasteiger partial charge >= 0.3 is 0 Å². The van der Waals surface area contributed by atoms with Crippen molar-refractivity contribution in [2.45, 2.75) is 9.79 Å². The Hall–Kier alpha value is -1.87. The second kappa shape index (κ2) is 6.94. The van der Waals surface area contributed by atoms with Gasteiger partial charge in [-0.25, -0.2) is 18.5 Å². The Morgan fingerprint density at radius 1 is 1.08 bits per heavy atom. The lowest BCUT2D eigenvalue weighted by Crippen LogP contribution is -2.11. The van der Waals surface area contributed by atoms with E-state index in [9.17, 15) is 8.42 Å². The molecule has 1 heterocycles. The molecule has 1 aromatic heterocycles. The van der Waals surface area contributed by atoms with Crippen molar-refractivity contribution in [3.63, 3.8) is 0 Å². The number of nitrogens with two attached hydrogens (primary N) is 1. The molecule has 0 aliphatic heterocycles. The number of nitrogens with one attached hydrogen (secondary N) is 1. The molecular weight excluding hydrogens is 362 g/mol. The standard InChI is InChI=1S/C16H15N3O2S3/c1-22-13-6-2-11(3-7-13)15-10-23-16(19-15)18-12-4-8-14(9-5-12)24(17,20)21/h2-10H,1H3,(H,18,19)(H2,17,20,21). The summed E-state index contributed by atoms with van der Waals surface area (Å²) in [6, 6.07) is 14.5. The monoisotopic (exact) mass is 377 g/mol. The number of aromatic nitrogens is 1. The number of thioether (sulfide) groups is 1. The minimum absolute atomic E-state index is 0.0850. The summed E-state index contributed by atoms with van der Waals surface area (Å²) in [4.78, 5) is 5.86. The molecule has 0 amide bonds. The average molecular weight is 378 g/mol. The predicted molar refractivity (Wildman–Crippen MR) is 100 cm³/mol. The molecule has 0 saturated carbocycles. The number of nitrogens with zero attached hydrogens (tertiary/aromatic N) is 1. The van der Waals surface area contributed by atoms with Crippen LogP contribution in [0.5, 0.6) is 0 Å². The molecule has 0 atom stereocenters. The first-order chi connectivity index (χ1) is 11.5. The summed E-state index contributed by atoms with van der Waals surface area (Å²) < 4.78 is 22.5. The third-order valence-corrected chi connectivity index (χ3v) is 5.75. The number of benzene rings is 2. The molecule has 0 aliphatic carbocycles. The maximum Gasteiger partial charge on any atom is 0.238 e. The summed E-state index contributed by atoms with van der Waals surface area (Å²) in [6.07, 6.45) is 2.04. The highest BCUT2D eigenvalue weighted by atomic mass is 32.2. The Morgan fingerprint density at radius 2 is 1.75 bits per heavy atom. The highest BCUT2D eigenvalue weighted by molar-refractivity contribution is 7.98. The average Bonchev–Trinajstić information content (AvgIpc) is 3.03. The van der Waals surface area contributed by atoms with Gasteiger partial charge in [0.25, 0.3) is 0 Å². The van der Waals surface area contributed by atoms with Crippen LogP contribution in [-0.4, -0.2) is 19.7 Å². The first kappa shape index (κ1) is 17.0. The van der Waals surface area contributed by atoms with Gasteiger partial charge in [-0.05, 0) is 42.7 Å². The fraction of sp³-hybridized carbons (Fsp3) is 0.0625. The van der Waals surface area contributed by atoms with Crippen molar-refractivity contribution in [3.05, 3.63) is 53.9 Å². The van der Waals surface area contributed by atoms with Crippen LogP contribution in [0.4, 0.5) is 10.8 Å². The SMILES string of the molecule is CSc1ccc(-c2csc(Nc3ccc(S(N)(=O)=O)cc3)n2)cc1. The Bertz CT molecular complexity index is 933. The molecule has 24 heavy (non-hydrogen) atoms. The van der Waals surface area contributed by atoms with E-state index < -0.39 is 10.0 Å². The molecule has 0 saturated heterocycles.